The lowest BCUT2D eigenvalue weighted by atomic mass is 9.92. The van der Waals surface area contributed by atoms with Crippen LogP contribution in [0.4, 0.5) is 13.2 Å². The van der Waals surface area contributed by atoms with Crippen LogP contribution in [-0.4, -0.2) is 30.5 Å². The Morgan fingerprint density at radius 3 is 2.17 bits per heavy atom. The maximum absolute atomic E-state index is 12.0. The summed E-state index contributed by atoms with van der Waals surface area (Å²) in [5.74, 6) is -0.619. The van der Waals surface area contributed by atoms with E-state index < -0.39 is 18.2 Å². The first-order chi connectivity index (χ1) is 5.52. The number of hydrogen-bond acceptors (Lipinski definition) is 2. The van der Waals surface area contributed by atoms with E-state index >= 15 is 0 Å². The van der Waals surface area contributed by atoms with Crippen molar-refractivity contribution in [3.05, 3.63) is 0 Å². The number of halogens is 3. The first-order valence-corrected chi connectivity index (χ1v) is 3.97. The summed E-state index contributed by atoms with van der Waals surface area (Å²) in [5, 5.41) is 11.8. The number of rotatable bonds is 1. The number of hydrogen-bond donors (Lipinski definition) is 2. The number of aliphatic hydroxyl groups excluding tert-OH is 1. The van der Waals surface area contributed by atoms with Gasteiger partial charge in [-0.25, -0.2) is 0 Å². The summed E-state index contributed by atoms with van der Waals surface area (Å²) in [4.78, 5) is 0. The van der Waals surface area contributed by atoms with E-state index in [0.29, 0.717) is 25.9 Å². The Morgan fingerprint density at radius 1 is 1.25 bits per heavy atom. The van der Waals surface area contributed by atoms with E-state index in [0.717, 1.165) is 0 Å². The van der Waals surface area contributed by atoms with Crippen LogP contribution in [0, 0.1) is 5.92 Å². The molecule has 12 heavy (non-hydrogen) atoms. The van der Waals surface area contributed by atoms with Crippen LogP contribution in [0.2, 0.25) is 0 Å². The van der Waals surface area contributed by atoms with Crippen molar-refractivity contribution in [1.82, 2.24) is 5.32 Å². The Hall–Kier alpha value is -0.290. The quantitative estimate of drug-likeness (QED) is 0.633. The van der Waals surface area contributed by atoms with Gasteiger partial charge in [0.15, 0.2) is 6.10 Å². The van der Waals surface area contributed by atoms with Crippen molar-refractivity contribution in [2.45, 2.75) is 25.1 Å². The second kappa shape index (κ2) is 3.62. The molecule has 0 bridgehead atoms. The maximum Gasteiger partial charge on any atom is 0.414 e. The zero-order valence-corrected chi connectivity index (χ0v) is 6.56. The molecule has 2 nitrogen and oxygen atoms in total. The molecule has 0 saturated carbocycles. The molecule has 0 spiro atoms. The van der Waals surface area contributed by atoms with Gasteiger partial charge in [-0.15, -0.1) is 0 Å². The fourth-order valence-electron chi connectivity index (χ4n) is 1.43. The fraction of sp³-hybridized carbons (Fsp3) is 1.00. The van der Waals surface area contributed by atoms with Crippen molar-refractivity contribution in [2.75, 3.05) is 13.1 Å². The highest BCUT2D eigenvalue weighted by molar-refractivity contribution is 4.79. The summed E-state index contributed by atoms with van der Waals surface area (Å²) < 4.78 is 35.9. The monoisotopic (exact) mass is 183 g/mol. The zero-order chi connectivity index (χ0) is 9.19. The molecule has 0 aromatic carbocycles. The van der Waals surface area contributed by atoms with Gasteiger partial charge in [-0.3, -0.25) is 0 Å². The predicted molar refractivity (Wildman–Crippen MR) is 37.7 cm³/mol. The minimum atomic E-state index is -4.46. The molecule has 1 aliphatic rings. The summed E-state index contributed by atoms with van der Waals surface area (Å²) in [6, 6.07) is 0. The van der Waals surface area contributed by atoms with Crippen LogP contribution in [0.3, 0.4) is 0 Å². The summed E-state index contributed by atoms with van der Waals surface area (Å²) in [6.45, 7) is 1.13. The fourth-order valence-corrected chi connectivity index (χ4v) is 1.43. The van der Waals surface area contributed by atoms with Crippen LogP contribution in [0.15, 0.2) is 0 Å². The first-order valence-electron chi connectivity index (χ1n) is 3.97. The molecule has 0 unspecified atom stereocenters. The van der Waals surface area contributed by atoms with Gasteiger partial charge in [0.2, 0.25) is 0 Å². The molecule has 5 heteroatoms. The Kier molecular flexibility index (Phi) is 2.95. The Labute approximate surface area is 68.8 Å². The molecular weight excluding hydrogens is 171 g/mol. The smallest absolute Gasteiger partial charge is 0.383 e. The lowest BCUT2D eigenvalue weighted by molar-refractivity contribution is -0.221. The van der Waals surface area contributed by atoms with Gasteiger partial charge >= 0.3 is 6.18 Å². The van der Waals surface area contributed by atoms with E-state index in [1.807, 2.05) is 0 Å². The number of aliphatic hydroxyl groups is 1. The second-order valence-corrected chi connectivity index (χ2v) is 3.07. The molecule has 1 heterocycles. The minimum Gasteiger partial charge on any atom is -0.383 e. The molecule has 0 aromatic rings. The van der Waals surface area contributed by atoms with E-state index in [4.69, 9.17) is 5.11 Å². The maximum atomic E-state index is 12.0. The van der Waals surface area contributed by atoms with Crippen LogP contribution in [-0.2, 0) is 0 Å². The van der Waals surface area contributed by atoms with Crippen molar-refractivity contribution in [3.8, 4) is 0 Å². The van der Waals surface area contributed by atoms with Crippen molar-refractivity contribution < 1.29 is 18.3 Å². The Balaban J connectivity index is 2.45. The minimum absolute atomic E-state index is 0.403. The molecule has 0 aliphatic carbocycles. The molecule has 0 radical (unpaired) electrons. The molecule has 72 valence electrons. The number of piperidine rings is 1. The van der Waals surface area contributed by atoms with Crippen LogP contribution in [0.5, 0.6) is 0 Å². The van der Waals surface area contributed by atoms with Gasteiger partial charge in [-0.05, 0) is 31.8 Å². The van der Waals surface area contributed by atoms with Crippen molar-refractivity contribution in [2.24, 2.45) is 5.92 Å². The molecule has 1 atom stereocenters. The number of nitrogens with one attached hydrogen (secondary N) is 1. The van der Waals surface area contributed by atoms with Gasteiger partial charge in [0.1, 0.15) is 0 Å². The molecule has 1 rings (SSSR count). The molecule has 1 fully saturated rings. The van der Waals surface area contributed by atoms with Gasteiger partial charge in [0, 0.05) is 0 Å². The van der Waals surface area contributed by atoms with Crippen LogP contribution in [0.1, 0.15) is 12.8 Å². The largest absolute Gasteiger partial charge is 0.414 e. The lowest BCUT2D eigenvalue weighted by Gasteiger charge is -2.28. The van der Waals surface area contributed by atoms with Crippen molar-refractivity contribution >= 4 is 0 Å². The third-order valence-corrected chi connectivity index (χ3v) is 2.17. The van der Waals surface area contributed by atoms with Crippen molar-refractivity contribution in [3.63, 3.8) is 0 Å². The van der Waals surface area contributed by atoms with Gasteiger partial charge in [0.05, 0.1) is 0 Å². The molecule has 1 saturated heterocycles. The highest BCUT2D eigenvalue weighted by Crippen LogP contribution is 2.29. The highest BCUT2D eigenvalue weighted by Gasteiger charge is 2.43. The molecule has 2 N–H and O–H groups in total. The van der Waals surface area contributed by atoms with E-state index in [1.165, 1.54) is 0 Å². The summed E-state index contributed by atoms with van der Waals surface area (Å²) in [5.41, 5.74) is 0. The van der Waals surface area contributed by atoms with Gasteiger partial charge in [-0.2, -0.15) is 13.2 Å². The van der Waals surface area contributed by atoms with Crippen LogP contribution >= 0.6 is 0 Å². The summed E-state index contributed by atoms with van der Waals surface area (Å²) in [7, 11) is 0. The highest BCUT2D eigenvalue weighted by atomic mass is 19.4. The van der Waals surface area contributed by atoms with Crippen molar-refractivity contribution in [1.29, 1.82) is 0 Å². The Bertz CT molecular complexity index is 142. The van der Waals surface area contributed by atoms with Gasteiger partial charge in [0.25, 0.3) is 0 Å². The molecular formula is C7H12F3NO. The topological polar surface area (TPSA) is 32.3 Å². The average molecular weight is 183 g/mol. The van der Waals surface area contributed by atoms with Gasteiger partial charge < -0.3 is 10.4 Å². The Morgan fingerprint density at radius 2 is 1.75 bits per heavy atom. The molecule has 0 aromatic heterocycles. The molecule has 0 amide bonds. The van der Waals surface area contributed by atoms with Crippen LogP contribution in [0.25, 0.3) is 0 Å². The zero-order valence-electron chi connectivity index (χ0n) is 6.56. The summed E-state index contributed by atoms with van der Waals surface area (Å²) >= 11 is 0. The first kappa shape index (κ1) is 9.80. The average Bonchev–Trinajstić information content (AvgIpc) is 2.03. The third kappa shape index (κ3) is 2.35. The second-order valence-electron chi connectivity index (χ2n) is 3.07. The summed E-state index contributed by atoms with van der Waals surface area (Å²) in [6.07, 6.45) is -5.79. The standard InChI is InChI=1S/C7H12F3NO/c8-7(9,10)6(12)5-1-3-11-4-2-5/h5-6,11-12H,1-4H2/t6-/m0/s1. The van der Waals surface area contributed by atoms with E-state index in [9.17, 15) is 13.2 Å². The van der Waals surface area contributed by atoms with Crippen LogP contribution < -0.4 is 5.32 Å². The van der Waals surface area contributed by atoms with E-state index in [-0.39, 0.29) is 0 Å². The number of alkyl halides is 3. The van der Waals surface area contributed by atoms with E-state index in [2.05, 4.69) is 5.32 Å². The van der Waals surface area contributed by atoms with E-state index in [1.54, 1.807) is 0 Å². The normalized spacial score (nSPS) is 24.0. The van der Waals surface area contributed by atoms with Gasteiger partial charge in [-0.1, -0.05) is 0 Å². The lowest BCUT2D eigenvalue weighted by Crippen LogP contribution is -2.41. The third-order valence-electron chi connectivity index (χ3n) is 2.17. The SMILES string of the molecule is O[C@@H](C1CCNCC1)C(F)(F)F. The molecule has 1 aliphatic heterocycles. The predicted octanol–water partition coefficient (Wildman–Crippen LogP) is 0.909.